The van der Waals surface area contributed by atoms with Crippen LogP contribution in [0.4, 0.5) is 0 Å². The Kier molecular flexibility index (Phi) is 5.53. The minimum Gasteiger partial charge on any atom is -0.507 e. The molecule has 2 aromatic rings. The van der Waals surface area contributed by atoms with E-state index >= 15 is 0 Å². The third-order valence-corrected chi connectivity index (χ3v) is 4.31. The quantitative estimate of drug-likeness (QED) is 0.773. The van der Waals surface area contributed by atoms with Gasteiger partial charge in [-0.05, 0) is 23.8 Å². The van der Waals surface area contributed by atoms with Crippen LogP contribution in [0.15, 0.2) is 42.5 Å². The van der Waals surface area contributed by atoms with Crippen molar-refractivity contribution in [2.24, 2.45) is 0 Å². The summed E-state index contributed by atoms with van der Waals surface area (Å²) in [6, 6.07) is 12.0. The van der Waals surface area contributed by atoms with Gasteiger partial charge in [0.25, 0.3) is 5.91 Å². The molecule has 1 aliphatic rings. The number of phenolic OH excluding ortho intramolecular Hbond substituents is 2. The lowest BCUT2D eigenvalue weighted by molar-refractivity contribution is 0.0340. The number of carbonyl (C=O) groups is 1. The van der Waals surface area contributed by atoms with Crippen LogP contribution in [0.25, 0.3) is 0 Å². The zero-order chi connectivity index (χ0) is 17.6. The maximum absolute atomic E-state index is 12.6. The second-order valence-electron chi connectivity index (χ2n) is 6.00. The molecule has 0 bridgehead atoms. The topological polar surface area (TPSA) is 82.0 Å². The van der Waals surface area contributed by atoms with Gasteiger partial charge in [0.15, 0.2) is 0 Å². The number of hydrogen-bond donors (Lipinski definition) is 3. The maximum Gasteiger partial charge on any atom is 0.251 e. The minimum absolute atomic E-state index is 0.0399. The monoisotopic (exact) mass is 342 g/mol. The van der Waals surface area contributed by atoms with Crippen LogP contribution in [0, 0.1) is 0 Å². The van der Waals surface area contributed by atoms with Crippen LogP contribution in [0.3, 0.4) is 0 Å². The highest BCUT2D eigenvalue weighted by molar-refractivity contribution is 5.95. The Morgan fingerprint density at radius 3 is 2.44 bits per heavy atom. The van der Waals surface area contributed by atoms with Gasteiger partial charge in [0.1, 0.15) is 11.5 Å². The summed E-state index contributed by atoms with van der Waals surface area (Å²) in [6.45, 7) is 3.86. The first kappa shape index (κ1) is 17.3. The molecule has 0 spiro atoms. The van der Waals surface area contributed by atoms with Crippen molar-refractivity contribution in [1.29, 1.82) is 0 Å². The molecular weight excluding hydrogens is 320 g/mol. The maximum atomic E-state index is 12.6. The zero-order valence-corrected chi connectivity index (χ0v) is 13.9. The van der Waals surface area contributed by atoms with Crippen molar-refractivity contribution in [3.8, 4) is 11.5 Å². The fourth-order valence-corrected chi connectivity index (χ4v) is 2.89. The van der Waals surface area contributed by atoms with Gasteiger partial charge in [-0.15, -0.1) is 0 Å². The highest BCUT2D eigenvalue weighted by Crippen LogP contribution is 2.26. The van der Waals surface area contributed by atoms with Gasteiger partial charge in [-0.3, -0.25) is 9.69 Å². The SMILES string of the molecule is O=C(NCc1c(O)cccc1O)c1ccccc1CN1CCOCC1. The average molecular weight is 342 g/mol. The van der Waals surface area contributed by atoms with Crippen LogP contribution in [-0.2, 0) is 17.8 Å². The Hall–Kier alpha value is -2.57. The Morgan fingerprint density at radius 1 is 1.04 bits per heavy atom. The Labute approximate surface area is 146 Å². The first-order valence-corrected chi connectivity index (χ1v) is 8.31. The number of aromatic hydroxyl groups is 2. The van der Waals surface area contributed by atoms with Crippen molar-refractivity contribution in [2.75, 3.05) is 26.3 Å². The van der Waals surface area contributed by atoms with Gasteiger partial charge in [0, 0.05) is 25.2 Å². The number of benzene rings is 2. The summed E-state index contributed by atoms with van der Waals surface area (Å²) < 4.78 is 5.36. The number of nitrogens with zero attached hydrogens (tertiary/aromatic N) is 1. The Morgan fingerprint density at radius 2 is 1.72 bits per heavy atom. The van der Waals surface area contributed by atoms with Crippen molar-refractivity contribution < 1.29 is 19.7 Å². The molecule has 0 aliphatic carbocycles. The molecule has 0 unspecified atom stereocenters. The molecule has 1 saturated heterocycles. The van der Waals surface area contributed by atoms with Crippen molar-refractivity contribution >= 4 is 5.91 Å². The molecule has 1 fully saturated rings. The summed E-state index contributed by atoms with van der Waals surface area (Å²) >= 11 is 0. The molecule has 1 heterocycles. The predicted octanol–water partition coefficient (Wildman–Crippen LogP) is 1.86. The molecule has 1 aliphatic heterocycles. The number of carbonyl (C=O) groups excluding carboxylic acids is 1. The molecule has 25 heavy (non-hydrogen) atoms. The minimum atomic E-state index is -0.230. The predicted molar refractivity (Wildman–Crippen MR) is 93.5 cm³/mol. The number of morpholine rings is 1. The standard InChI is InChI=1S/C19H22N2O4/c22-17-6-3-7-18(23)16(17)12-20-19(24)15-5-2-1-4-14(15)13-21-8-10-25-11-9-21/h1-7,22-23H,8-13H2,(H,20,24). The number of ether oxygens (including phenoxy) is 1. The Balaban J connectivity index is 1.69. The molecule has 6 nitrogen and oxygen atoms in total. The molecule has 6 heteroatoms. The molecule has 0 atom stereocenters. The van der Waals surface area contributed by atoms with Crippen molar-refractivity contribution in [2.45, 2.75) is 13.1 Å². The Bertz CT molecular complexity index is 722. The van der Waals surface area contributed by atoms with Crippen molar-refractivity contribution in [3.05, 3.63) is 59.2 Å². The number of hydrogen-bond acceptors (Lipinski definition) is 5. The number of rotatable bonds is 5. The van der Waals surface area contributed by atoms with Crippen LogP contribution in [-0.4, -0.2) is 47.3 Å². The van der Waals surface area contributed by atoms with Gasteiger partial charge in [0.2, 0.25) is 0 Å². The van der Waals surface area contributed by atoms with E-state index in [1.807, 2.05) is 18.2 Å². The second-order valence-corrected chi connectivity index (χ2v) is 6.00. The molecule has 0 radical (unpaired) electrons. The van der Waals surface area contributed by atoms with E-state index in [2.05, 4.69) is 10.2 Å². The van der Waals surface area contributed by atoms with E-state index in [-0.39, 0.29) is 24.0 Å². The molecule has 2 aromatic carbocycles. The summed E-state index contributed by atoms with van der Waals surface area (Å²) in [5.41, 5.74) is 1.86. The molecule has 1 amide bonds. The van der Waals surface area contributed by atoms with E-state index in [0.717, 1.165) is 18.7 Å². The van der Waals surface area contributed by atoms with Gasteiger partial charge in [-0.2, -0.15) is 0 Å². The molecule has 3 rings (SSSR count). The zero-order valence-electron chi connectivity index (χ0n) is 13.9. The molecule has 0 aromatic heterocycles. The average Bonchev–Trinajstić information content (AvgIpc) is 2.62. The van der Waals surface area contributed by atoms with E-state index in [4.69, 9.17) is 4.74 Å². The summed E-state index contributed by atoms with van der Waals surface area (Å²) in [6.07, 6.45) is 0. The van der Waals surface area contributed by atoms with E-state index in [1.165, 1.54) is 12.1 Å². The van der Waals surface area contributed by atoms with E-state index in [1.54, 1.807) is 12.1 Å². The van der Waals surface area contributed by atoms with Crippen LogP contribution < -0.4 is 5.32 Å². The number of nitrogens with one attached hydrogen (secondary N) is 1. The fourth-order valence-electron chi connectivity index (χ4n) is 2.89. The summed E-state index contributed by atoms with van der Waals surface area (Å²) in [5, 5.41) is 22.4. The second kappa shape index (κ2) is 8.00. The highest BCUT2D eigenvalue weighted by atomic mass is 16.5. The molecule has 0 saturated carbocycles. The highest BCUT2D eigenvalue weighted by Gasteiger charge is 2.16. The fraction of sp³-hybridized carbons (Fsp3) is 0.316. The number of amides is 1. The first-order chi connectivity index (χ1) is 12.1. The lowest BCUT2D eigenvalue weighted by Crippen LogP contribution is -2.36. The smallest absolute Gasteiger partial charge is 0.251 e. The third-order valence-electron chi connectivity index (χ3n) is 4.31. The van der Waals surface area contributed by atoms with Crippen LogP contribution in [0.2, 0.25) is 0 Å². The summed E-state index contributed by atoms with van der Waals surface area (Å²) in [5.74, 6) is -0.310. The number of phenols is 2. The lowest BCUT2D eigenvalue weighted by Gasteiger charge is -2.27. The molecule has 3 N–H and O–H groups in total. The molecular formula is C19H22N2O4. The van der Waals surface area contributed by atoms with E-state index in [9.17, 15) is 15.0 Å². The van der Waals surface area contributed by atoms with E-state index < -0.39 is 0 Å². The largest absolute Gasteiger partial charge is 0.507 e. The normalized spacial score (nSPS) is 15.0. The van der Waals surface area contributed by atoms with Crippen molar-refractivity contribution in [1.82, 2.24) is 10.2 Å². The molecule has 132 valence electrons. The van der Waals surface area contributed by atoms with Gasteiger partial charge in [-0.25, -0.2) is 0 Å². The summed E-state index contributed by atoms with van der Waals surface area (Å²) in [4.78, 5) is 14.8. The van der Waals surface area contributed by atoms with Gasteiger partial charge >= 0.3 is 0 Å². The first-order valence-electron chi connectivity index (χ1n) is 8.31. The van der Waals surface area contributed by atoms with Crippen molar-refractivity contribution in [3.63, 3.8) is 0 Å². The lowest BCUT2D eigenvalue weighted by atomic mass is 10.1. The van der Waals surface area contributed by atoms with Crippen LogP contribution in [0.1, 0.15) is 21.5 Å². The van der Waals surface area contributed by atoms with Gasteiger partial charge < -0.3 is 20.3 Å². The summed E-state index contributed by atoms with van der Waals surface area (Å²) in [7, 11) is 0. The third kappa shape index (κ3) is 4.29. The van der Waals surface area contributed by atoms with E-state index in [0.29, 0.717) is 30.9 Å². The van der Waals surface area contributed by atoms with Crippen LogP contribution >= 0.6 is 0 Å². The van der Waals surface area contributed by atoms with Gasteiger partial charge in [0.05, 0.1) is 25.3 Å². The van der Waals surface area contributed by atoms with Crippen LogP contribution in [0.5, 0.6) is 11.5 Å². The van der Waals surface area contributed by atoms with Gasteiger partial charge in [-0.1, -0.05) is 24.3 Å².